The Bertz CT molecular complexity index is 468. The summed E-state index contributed by atoms with van der Waals surface area (Å²) in [5, 5.41) is 3.09. The second-order valence-electron chi connectivity index (χ2n) is 4.73. The highest BCUT2D eigenvalue weighted by atomic mass is 31.0. The summed E-state index contributed by atoms with van der Waals surface area (Å²) in [5.74, 6) is 0. The average Bonchev–Trinajstić information content (AvgIpc) is 2.44. The van der Waals surface area contributed by atoms with Crippen LogP contribution in [0, 0.1) is 0 Å². The largest absolute Gasteiger partial charge is 0.347 e. The third-order valence-corrected chi connectivity index (χ3v) is 7.61. The molecule has 1 aromatic heterocycles. The predicted octanol–water partition coefficient (Wildman–Crippen LogP) is 3.30. The van der Waals surface area contributed by atoms with Crippen molar-refractivity contribution >= 4 is 32.0 Å². The topological polar surface area (TPSA) is 4.93 Å². The van der Waals surface area contributed by atoms with Crippen molar-refractivity contribution in [2.75, 3.05) is 0 Å². The number of para-hydroxylation sites is 1. The molecular weight excluding hydrogens is 205 g/mol. The zero-order valence-electron chi connectivity index (χ0n) is 9.20. The Balaban J connectivity index is 2.75. The Kier molecular flexibility index (Phi) is 2.28. The third kappa shape index (κ3) is 1.53. The van der Waals surface area contributed by atoms with Gasteiger partial charge in [-0.05, 0) is 20.3 Å². The molecule has 0 saturated carbocycles. The van der Waals surface area contributed by atoms with Gasteiger partial charge in [0.15, 0.2) is 0 Å². The number of fused-ring (bicyclic) bond motifs is 1. The molecular formula is C11H16NPSi. The molecule has 0 unspecified atom stereocenters. The lowest BCUT2D eigenvalue weighted by Crippen LogP contribution is -2.40. The Labute approximate surface area is 87.9 Å². The molecule has 0 radical (unpaired) electrons. The fraction of sp³-hybridized carbons (Fsp3) is 0.364. The number of hydrogen-bond donors (Lipinski definition) is 0. The summed E-state index contributed by atoms with van der Waals surface area (Å²) in [6, 6.07) is 8.71. The second-order valence-corrected chi connectivity index (χ2v) is 11.3. The lowest BCUT2D eigenvalue weighted by molar-refractivity contribution is 1.00. The van der Waals surface area contributed by atoms with Crippen LogP contribution in [0.15, 0.2) is 24.3 Å². The van der Waals surface area contributed by atoms with E-state index in [9.17, 15) is 0 Å². The molecule has 0 atom stereocenters. The summed E-state index contributed by atoms with van der Waals surface area (Å²) in [6.45, 7) is 7.24. The molecule has 1 heterocycles. The van der Waals surface area contributed by atoms with Crippen molar-refractivity contribution in [2.45, 2.75) is 19.6 Å². The Morgan fingerprint density at radius 1 is 1.14 bits per heavy atom. The molecule has 0 aliphatic carbocycles. The van der Waals surface area contributed by atoms with E-state index in [1.807, 2.05) is 0 Å². The summed E-state index contributed by atoms with van der Waals surface area (Å²) in [7, 11) is 2.48. The molecule has 74 valence electrons. The van der Waals surface area contributed by atoms with E-state index in [2.05, 4.69) is 55.5 Å². The Morgan fingerprint density at radius 3 is 2.36 bits per heavy atom. The molecule has 0 N–H and O–H groups in total. The zero-order chi connectivity index (χ0) is 10.3. The van der Waals surface area contributed by atoms with Gasteiger partial charge in [0.05, 0.1) is 5.52 Å². The molecule has 0 spiro atoms. The van der Waals surface area contributed by atoms with Crippen LogP contribution < -0.4 is 5.05 Å². The minimum atomic E-state index is -1.15. The van der Waals surface area contributed by atoms with Crippen LogP contribution >= 0.6 is 8.19 Å². The van der Waals surface area contributed by atoms with Gasteiger partial charge >= 0.3 is 0 Å². The molecule has 0 amide bonds. The summed E-state index contributed by atoms with van der Waals surface area (Å²) >= 11 is 0. The van der Waals surface area contributed by atoms with Crippen LogP contribution in [0.5, 0.6) is 0 Å². The van der Waals surface area contributed by atoms with E-state index >= 15 is 0 Å². The maximum atomic E-state index is 2.41. The number of hydrogen-bond acceptors (Lipinski definition) is 0. The Hall–Kier alpha value is -0.593. The minimum Gasteiger partial charge on any atom is -0.347 e. The van der Waals surface area contributed by atoms with Gasteiger partial charge in [-0.2, -0.15) is 0 Å². The quantitative estimate of drug-likeness (QED) is 0.651. The molecule has 0 saturated heterocycles. The molecule has 2 aromatic rings. The van der Waals surface area contributed by atoms with Crippen LogP contribution in [-0.4, -0.2) is 12.6 Å². The van der Waals surface area contributed by atoms with E-state index in [-0.39, 0.29) is 0 Å². The van der Waals surface area contributed by atoms with E-state index < -0.39 is 8.07 Å². The minimum absolute atomic E-state index is 1.15. The van der Waals surface area contributed by atoms with Crippen LogP contribution in [0.2, 0.25) is 19.6 Å². The molecule has 14 heavy (non-hydrogen) atoms. The van der Waals surface area contributed by atoms with Crippen LogP contribution in [0.4, 0.5) is 0 Å². The van der Waals surface area contributed by atoms with Crippen molar-refractivity contribution in [3.8, 4) is 0 Å². The maximum absolute atomic E-state index is 2.41. The molecule has 0 aliphatic heterocycles. The fourth-order valence-electron chi connectivity index (χ4n) is 1.82. The van der Waals surface area contributed by atoms with E-state index in [0.29, 0.717) is 0 Å². The van der Waals surface area contributed by atoms with Crippen LogP contribution in [0.3, 0.4) is 0 Å². The number of aromatic nitrogens is 1. The van der Waals surface area contributed by atoms with E-state index in [1.165, 1.54) is 18.8 Å². The predicted molar refractivity (Wildman–Crippen MR) is 68.4 cm³/mol. The van der Waals surface area contributed by atoms with Gasteiger partial charge in [-0.3, -0.25) is 0 Å². The first-order valence-electron chi connectivity index (χ1n) is 4.92. The van der Waals surface area contributed by atoms with Gasteiger partial charge in [-0.15, -0.1) is 0 Å². The van der Waals surface area contributed by atoms with Gasteiger partial charge in [-0.25, -0.2) is 0 Å². The third-order valence-electron chi connectivity index (χ3n) is 2.46. The first-order chi connectivity index (χ1) is 6.50. The zero-order valence-corrected chi connectivity index (χ0v) is 11.1. The SMILES string of the molecule is Cn1c([Si](C)(C)C)pc2ccccc21. The number of aryl methyl sites for hydroxylation is 1. The van der Waals surface area contributed by atoms with Crippen molar-refractivity contribution in [2.24, 2.45) is 7.05 Å². The first-order valence-corrected chi connectivity index (χ1v) is 9.31. The van der Waals surface area contributed by atoms with E-state index in [0.717, 1.165) is 0 Å². The molecule has 3 heteroatoms. The van der Waals surface area contributed by atoms with Gasteiger partial charge in [0, 0.05) is 17.2 Å². The average molecular weight is 221 g/mol. The van der Waals surface area contributed by atoms with Crippen molar-refractivity contribution < 1.29 is 0 Å². The van der Waals surface area contributed by atoms with Gasteiger partial charge in [0.25, 0.3) is 0 Å². The standard InChI is InChI=1S/C11H16NPSi/c1-12-9-7-5-6-8-10(9)13-11(12)14(2,3)4/h5-8H,1-4H3. The molecule has 0 aliphatic rings. The van der Waals surface area contributed by atoms with Crippen LogP contribution in [0.1, 0.15) is 0 Å². The highest BCUT2D eigenvalue weighted by molar-refractivity contribution is 7.46. The van der Waals surface area contributed by atoms with Crippen LogP contribution in [-0.2, 0) is 7.05 Å². The molecule has 2 rings (SSSR count). The molecule has 0 fully saturated rings. The fourth-order valence-corrected chi connectivity index (χ4v) is 5.63. The van der Waals surface area contributed by atoms with Gasteiger partial charge in [0.2, 0.25) is 0 Å². The monoisotopic (exact) mass is 221 g/mol. The number of nitrogens with zero attached hydrogens (tertiary/aromatic N) is 1. The summed E-state index contributed by atoms with van der Waals surface area (Å²) in [5.41, 5.74) is 1.39. The highest BCUT2D eigenvalue weighted by Crippen LogP contribution is 2.25. The molecule has 1 nitrogen and oxygen atoms in total. The van der Waals surface area contributed by atoms with Crippen molar-refractivity contribution in [1.82, 2.24) is 4.57 Å². The highest BCUT2D eigenvalue weighted by Gasteiger charge is 2.21. The number of benzene rings is 1. The molecule has 1 aromatic carbocycles. The summed E-state index contributed by atoms with van der Waals surface area (Å²) in [6.07, 6.45) is 0. The van der Waals surface area contributed by atoms with Crippen molar-refractivity contribution in [3.63, 3.8) is 0 Å². The lowest BCUT2D eigenvalue weighted by atomic mass is 10.3. The number of rotatable bonds is 1. The van der Waals surface area contributed by atoms with Crippen LogP contribution in [0.25, 0.3) is 10.6 Å². The second kappa shape index (κ2) is 3.22. The van der Waals surface area contributed by atoms with E-state index in [4.69, 9.17) is 0 Å². The van der Waals surface area contributed by atoms with E-state index in [1.54, 1.807) is 5.05 Å². The molecule has 0 bridgehead atoms. The summed E-state index contributed by atoms with van der Waals surface area (Å²) < 4.78 is 2.39. The van der Waals surface area contributed by atoms with Crippen molar-refractivity contribution in [1.29, 1.82) is 0 Å². The van der Waals surface area contributed by atoms with Gasteiger partial charge in [0.1, 0.15) is 8.07 Å². The normalized spacial score (nSPS) is 12.9. The van der Waals surface area contributed by atoms with Gasteiger partial charge < -0.3 is 4.57 Å². The summed E-state index contributed by atoms with van der Waals surface area (Å²) in [4.78, 5) is 0. The smallest absolute Gasteiger partial charge is 0.104 e. The maximum Gasteiger partial charge on any atom is 0.104 e. The van der Waals surface area contributed by atoms with Gasteiger partial charge in [-0.1, -0.05) is 31.8 Å². The first kappa shape index (κ1) is 9.94. The lowest BCUT2D eigenvalue weighted by Gasteiger charge is -2.16. The Morgan fingerprint density at radius 2 is 1.79 bits per heavy atom. The van der Waals surface area contributed by atoms with Crippen molar-refractivity contribution in [3.05, 3.63) is 24.3 Å².